The van der Waals surface area contributed by atoms with Gasteiger partial charge in [0.1, 0.15) is 6.61 Å². The van der Waals surface area contributed by atoms with Crippen LogP contribution in [0.5, 0.6) is 0 Å². The number of piperidine rings is 1. The van der Waals surface area contributed by atoms with Crippen molar-refractivity contribution in [3.05, 3.63) is 29.3 Å². The van der Waals surface area contributed by atoms with E-state index in [4.69, 9.17) is 9.84 Å². The number of hydrogen-bond acceptors (Lipinski definition) is 5. The van der Waals surface area contributed by atoms with Gasteiger partial charge in [-0.2, -0.15) is 5.26 Å². The van der Waals surface area contributed by atoms with E-state index in [9.17, 15) is 10.4 Å². The number of aliphatic hydroxyl groups excluding tert-OH is 2. The van der Waals surface area contributed by atoms with Crippen molar-refractivity contribution in [2.45, 2.75) is 44.0 Å². The molecule has 0 amide bonds. The fourth-order valence-electron chi connectivity index (χ4n) is 3.24. The highest BCUT2D eigenvalue weighted by Gasteiger charge is 2.31. The van der Waals surface area contributed by atoms with Crippen LogP contribution >= 0.6 is 0 Å². The fourth-order valence-corrected chi connectivity index (χ4v) is 3.24. The van der Waals surface area contributed by atoms with E-state index in [2.05, 4.69) is 22.8 Å². The van der Waals surface area contributed by atoms with Gasteiger partial charge in [-0.05, 0) is 43.9 Å². The van der Waals surface area contributed by atoms with Crippen molar-refractivity contribution in [3.8, 4) is 17.9 Å². The second-order valence-electron chi connectivity index (χ2n) is 6.41. The number of rotatable bonds is 3. The first-order valence-electron chi connectivity index (χ1n) is 8.41. The number of anilines is 1. The highest BCUT2D eigenvalue weighted by Crippen LogP contribution is 2.29. The van der Waals surface area contributed by atoms with Gasteiger partial charge in [-0.1, -0.05) is 11.8 Å². The molecule has 0 aromatic heterocycles. The van der Waals surface area contributed by atoms with Crippen molar-refractivity contribution in [2.24, 2.45) is 0 Å². The molecule has 5 heteroatoms. The molecule has 1 aromatic carbocycles. The topological polar surface area (TPSA) is 76.7 Å². The summed E-state index contributed by atoms with van der Waals surface area (Å²) in [5, 5.41) is 27.4. The maximum atomic E-state index is 9.33. The molecule has 24 heavy (non-hydrogen) atoms. The van der Waals surface area contributed by atoms with Crippen LogP contribution in [0.2, 0.25) is 0 Å². The minimum absolute atomic E-state index is 0.178. The number of aliphatic hydroxyl groups is 2. The Hall–Kier alpha value is -2.05. The summed E-state index contributed by atoms with van der Waals surface area (Å²) in [5.74, 6) is 5.50. The molecule has 1 aliphatic heterocycles. The summed E-state index contributed by atoms with van der Waals surface area (Å²) in [7, 11) is 0. The van der Waals surface area contributed by atoms with Crippen LogP contribution in [0.3, 0.4) is 0 Å². The van der Waals surface area contributed by atoms with Crippen LogP contribution < -0.4 is 4.90 Å². The van der Waals surface area contributed by atoms with Crippen molar-refractivity contribution < 1.29 is 14.9 Å². The summed E-state index contributed by atoms with van der Waals surface area (Å²) in [4.78, 5) is 2.25. The average Bonchev–Trinajstić information content (AvgIpc) is 2.59. The molecule has 2 aliphatic rings. The Labute approximate surface area is 142 Å². The minimum atomic E-state index is -0.190. The van der Waals surface area contributed by atoms with Gasteiger partial charge in [-0.25, -0.2) is 0 Å². The van der Waals surface area contributed by atoms with E-state index < -0.39 is 0 Å². The summed E-state index contributed by atoms with van der Waals surface area (Å²) >= 11 is 0. The smallest absolute Gasteiger partial charge is 0.104 e. The highest BCUT2D eigenvalue weighted by atomic mass is 16.5. The third-order valence-electron chi connectivity index (χ3n) is 4.62. The van der Waals surface area contributed by atoms with Crippen molar-refractivity contribution in [2.75, 3.05) is 24.6 Å². The molecular formula is C19H22N2O3. The third kappa shape index (κ3) is 4.07. The van der Waals surface area contributed by atoms with Crippen LogP contribution in [0.15, 0.2) is 18.2 Å². The standard InChI is InChI=1S/C19H22N2O3/c20-13-15-8-14(2-1-7-22)9-16(10-15)21-5-3-18(4-6-21)24-19-11-17(23)12-19/h8-10,17-19,22-23H,3-7,11-12H2. The molecule has 3 rings (SSSR count). The van der Waals surface area contributed by atoms with Gasteiger partial charge in [0.25, 0.3) is 0 Å². The van der Waals surface area contributed by atoms with Gasteiger partial charge in [-0.15, -0.1) is 0 Å². The zero-order chi connectivity index (χ0) is 16.9. The Morgan fingerprint density at radius 1 is 1.12 bits per heavy atom. The summed E-state index contributed by atoms with van der Waals surface area (Å²) in [6.07, 6.45) is 3.71. The van der Waals surface area contributed by atoms with Gasteiger partial charge in [-0.3, -0.25) is 0 Å². The number of nitrogens with zero attached hydrogens (tertiary/aromatic N) is 2. The number of nitriles is 1. The van der Waals surface area contributed by atoms with E-state index in [1.54, 1.807) is 6.07 Å². The second kappa shape index (κ2) is 7.68. The van der Waals surface area contributed by atoms with Crippen LogP contribution in [0.25, 0.3) is 0 Å². The lowest BCUT2D eigenvalue weighted by atomic mass is 9.91. The second-order valence-corrected chi connectivity index (χ2v) is 6.41. The van der Waals surface area contributed by atoms with Gasteiger partial charge in [0, 0.05) is 24.3 Å². The third-order valence-corrected chi connectivity index (χ3v) is 4.62. The predicted molar refractivity (Wildman–Crippen MR) is 90.5 cm³/mol. The van der Waals surface area contributed by atoms with Crippen LogP contribution in [-0.2, 0) is 4.74 Å². The van der Waals surface area contributed by atoms with Gasteiger partial charge in [0.15, 0.2) is 0 Å². The van der Waals surface area contributed by atoms with Crippen molar-refractivity contribution in [1.82, 2.24) is 0 Å². The zero-order valence-corrected chi connectivity index (χ0v) is 13.6. The SMILES string of the molecule is N#Cc1cc(C#CCO)cc(N2CCC(OC3CC(O)C3)CC2)c1. The molecule has 1 heterocycles. The molecule has 0 atom stereocenters. The average molecular weight is 326 g/mol. The summed E-state index contributed by atoms with van der Waals surface area (Å²) in [5.41, 5.74) is 2.32. The van der Waals surface area contributed by atoms with E-state index in [0.29, 0.717) is 5.56 Å². The molecule has 0 bridgehead atoms. The van der Waals surface area contributed by atoms with Crippen LogP contribution in [0.1, 0.15) is 36.8 Å². The van der Waals surface area contributed by atoms with Crippen LogP contribution in [0, 0.1) is 23.2 Å². The molecule has 0 radical (unpaired) electrons. The summed E-state index contributed by atoms with van der Waals surface area (Å²) in [6.45, 7) is 1.56. The molecule has 1 aliphatic carbocycles. The van der Waals surface area contributed by atoms with Crippen LogP contribution in [-0.4, -0.2) is 48.2 Å². The van der Waals surface area contributed by atoms with Gasteiger partial charge < -0.3 is 19.8 Å². The highest BCUT2D eigenvalue weighted by molar-refractivity contribution is 5.57. The molecular weight excluding hydrogens is 304 g/mol. The number of hydrogen-bond donors (Lipinski definition) is 2. The maximum absolute atomic E-state index is 9.33. The Morgan fingerprint density at radius 2 is 1.83 bits per heavy atom. The Morgan fingerprint density at radius 3 is 2.46 bits per heavy atom. The summed E-state index contributed by atoms with van der Waals surface area (Å²) < 4.78 is 6.01. The monoisotopic (exact) mass is 326 g/mol. The molecule has 0 unspecified atom stereocenters. The number of ether oxygens (including phenoxy) is 1. The Bertz CT molecular complexity index is 672. The summed E-state index contributed by atoms with van der Waals surface area (Å²) in [6, 6.07) is 7.76. The predicted octanol–water partition coefficient (Wildman–Crippen LogP) is 1.41. The molecule has 2 N–H and O–H groups in total. The molecule has 0 spiro atoms. The van der Waals surface area contributed by atoms with Gasteiger partial charge in [0.2, 0.25) is 0 Å². The van der Waals surface area contributed by atoms with E-state index in [1.165, 1.54) is 0 Å². The van der Waals surface area contributed by atoms with Gasteiger partial charge >= 0.3 is 0 Å². The van der Waals surface area contributed by atoms with E-state index in [1.807, 2.05) is 12.1 Å². The van der Waals surface area contributed by atoms with Gasteiger partial charge in [0.05, 0.1) is 29.9 Å². The normalized spacial score (nSPS) is 23.8. The Balaban J connectivity index is 1.62. The molecule has 1 saturated carbocycles. The Kier molecular flexibility index (Phi) is 5.37. The molecule has 2 fully saturated rings. The lowest BCUT2D eigenvalue weighted by molar-refractivity contribution is -0.108. The lowest BCUT2D eigenvalue weighted by Gasteiger charge is -2.39. The molecule has 126 valence electrons. The molecule has 1 aromatic rings. The van der Waals surface area contributed by atoms with Crippen molar-refractivity contribution in [3.63, 3.8) is 0 Å². The minimum Gasteiger partial charge on any atom is -0.393 e. The van der Waals surface area contributed by atoms with Crippen molar-refractivity contribution in [1.29, 1.82) is 5.26 Å². The van der Waals surface area contributed by atoms with E-state index in [-0.39, 0.29) is 24.9 Å². The first-order valence-corrected chi connectivity index (χ1v) is 8.41. The lowest BCUT2D eigenvalue weighted by Crippen LogP contribution is -2.42. The quantitative estimate of drug-likeness (QED) is 0.822. The molecule has 5 nitrogen and oxygen atoms in total. The fraction of sp³-hybridized carbons (Fsp3) is 0.526. The van der Waals surface area contributed by atoms with Crippen molar-refractivity contribution >= 4 is 5.69 Å². The van der Waals surface area contributed by atoms with Crippen LogP contribution in [0.4, 0.5) is 5.69 Å². The van der Waals surface area contributed by atoms with E-state index in [0.717, 1.165) is 50.0 Å². The maximum Gasteiger partial charge on any atom is 0.104 e. The first-order chi connectivity index (χ1) is 11.7. The van der Waals surface area contributed by atoms with E-state index >= 15 is 0 Å². The largest absolute Gasteiger partial charge is 0.393 e. The zero-order valence-electron chi connectivity index (χ0n) is 13.6. The molecule has 1 saturated heterocycles. The number of benzene rings is 1. The first kappa shape index (κ1) is 16.8.